The van der Waals surface area contributed by atoms with E-state index in [4.69, 9.17) is 62.5 Å². The molecule has 0 unspecified atom stereocenters. The summed E-state index contributed by atoms with van der Waals surface area (Å²) >= 11 is 1.84. The maximum atomic E-state index is 6.47. The summed E-state index contributed by atoms with van der Waals surface area (Å²) in [6.07, 6.45) is 0. The van der Waals surface area contributed by atoms with Crippen molar-refractivity contribution in [2.24, 2.45) is 0 Å². The van der Waals surface area contributed by atoms with Crippen molar-refractivity contribution < 1.29 is 17.7 Å². The molecule has 0 saturated heterocycles. The molecular formula is C131H77N9O4S. The number of thiophene rings is 1. The molecule has 8 heterocycles. The highest BCUT2D eigenvalue weighted by atomic mass is 32.1. The highest BCUT2D eigenvalue weighted by Gasteiger charge is 2.26. The van der Waals surface area contributed by atoms with Gasteiger partial charge in [-0.05, 0) is 191 Å². The number of para-hydroxylation sites is 2. The second kappa shape index (κ2) is 34.9. The van der Waals surface area contributed by atoms with Gasteiger partial charge in [-0.1, -0.05) is 358 Å². The van der Waals surface area contributed by atoms with Crippen molar-refractivity contribution in [2.75, 3.05) is 0 Å². The molecule has 0 aliphatic carbocycles. The van der Waals surface area contributed by atoms with Crippen LogP contribution in [0.15, 0.2) is 485 Å². The minimum absolute atomic E-state index is 0.581. The Morgan fingerprint density at radius 1 is 0.145 bits per heavy atom. The molecule has 0 saturated carbocycles. The number of rotatable bonds is 12. The predicted octanol–water partition coefficient (Wildman–Crippen LogP) is 35.4. The summed E-state index contributed by atoms with van der Waals surface area (Å²) in [7, 11) is 0. The van der Waals surface area contributed by atoms with Crippen LogP contribution in [0.2, 0.25) is 0 Å². The molecule has 30 rings (SSSR count). The van der Waals surface area contributed by atoms with Crippen molar-refractivity contribution in [1.29, 1.82) is 0 Å². The molecule has 30 aromatic rings. The van der Waals surface area contributed by atoms with Crippen LogP contribution in [-0.2, 0) is 0 Å². The third-order valence-electron chi connectivity index (χ3n) is 27.7. The zero-order valence-corrected chi connectivity index (χ0v) is 78.3. The van der Waals surface area contributed by atoms with E-state index in [1.165, 1.54) is 41.9 Å². The molecule has 13 nitrogen and oxygen atoms in total. The molecule has 145 heavy (non-hydrogen) atoms. The summed E-state index contributed by atoms with van der Waals surface area (Å²) in [6, 6.07) is 161. The van der Waals surface area contributed by atoms with Crippen LogP contribution < -0.4 is 0 Å². The van der Waals surface area contributed by atoms with Crippen molar-refractivity contribution in [1.82, 2.24) is 44.9 Å². The maximum absolute atomic E-state index is 6.47. The first kappa shape index (κ1) is 83.7. The first-order chi connectivity index (χ1) is 71.8. The number of hydrogen-bond donors (Lipinski definition) is 0. The fourth-order valence-corrected chi connectivity index (χ4v) is 21.9. The van der Waals surface area contributed by atoms with Gasteiger partial charge < -0.3 is 17.7 Å². The van der Waals surface area contributed by atoms with Crippen molar-refractivity contribution in [3.05, 3.63) is 467 Å². The van der Waals surface area contributed by atoms with E-state index in [0.717, 1.165) is 203 Å². The third-order valence-corrected chi connectivity index (χ3v) is 28.9. The van der Waals surface area contributed by atoms with Gasteiger partial charge >= 0.3 is 0 Å². The standard InChI is InChI=1S/C49H29N3OS.C43H25N3O2.C39H23N3O/c1-3-12-30(13-4-1)35-24-36(38-19-11-20-41-40-18-9-10-21-45(40)54-46(38)41)26-37(25-35)49-51-47(31-14-5-2-6-15-31)50-48(52-49)34-22-23-39-42-27-32-16-7-8-17-33(32)28-44(42)53-43(39)29-34;1-2-12-26(13-3-1)41-44-42(33-18-7-6-16-29(33)31-19-10-20-32-30-17-8-9-22-36(30)48-40(31)32)46-43(45-41)34-21-11-23-37-39(34)35-24-27-14-4-5-15-28(27)25-38(35)47-37;1-2-10-26-20-29(17-16-24(26)8-1)37-40-38(42-39(41-37)32-15-7-13-25-9-5-6-14-31(25)32)30-18-19-35-33(22-30)34-21-27-11-3-4-12-28(27)23-36(34)43-35/h1-29H;1-25H;1-23H. The van der Waals surface area contributed by atoms with Crippen LogP contribution in [-0.4, -0.2) is 44.9 Å². The summed E-state index contributed by atoms with van der Waals surface area (Å²) in [5.41, 5.74) is 21.4. The van der Waals surface area contributed by atoms with E-state index in [0.29, 0.717) is 52.4 Å². The van der Waals surface area contributed by atoms with E-state index in [9.17, 15) is 0 Å². The van der Waals surface area contributed by atoms with Crippen LogP contribution >= 0.6 is 11.3 Å². The monoisotopic (exact) mass is 1870 g/mol. The normalized spacial score (nSPS) is 11.7. The number of aromatic nitrogens is 9. The maximum Gasteiger partial charge on any atom is 0.164 e. The molecule has 14 heteroatoms. The van der Waals surface area contributed by atoms with Gasteiger partial charge in [0.05, 0.1) is 0 Å². The Labute approximate surface area is 832 Å². The molecule has 0 aliphatic heterocycles. The van der Waals surface area contributed by atoms with E-state index < -0.39 is 0 Å². The molecule has 676 valence electrons. The van der Waals surface area contributed by atoms with Crippen molar-refractivity contribution >= 4 is 173 Å². The Morgan fingerprint density at radius 2 is 0.517 bits per heavy atom. The summed E-state index contributed by atoms with van der Waals surface area (Å²) in [6.45, 7) is 0. The van der Waals surface area contributed by atoms with Gasteiger partial charge in [-0.15, -0.1) is 11.3 Å². The Kier molecular flexibility index (Phi) is 20.1. The van der Waals surface area contributed by atoms with Crippen LogP contribution in [0.1, 0.15) is 0 Å². The number of fused-ring (bicyclic) bond motifs is 20. The zero-order valence-electron chi connectivity index (χ0n) is 77.5. The van der Waals surface area contributed by atoms with E-state index in [2.05, 4.69) is 346 Å². The molecule has 0 aliphatic rings. The fourth-order valence-electron chi connectivity index (χ4n) is 20.6. The average molecular weight is 1870 g/mol. The van der Waals surface area contributed by atoms with Gasteiger partial charge in [0.15, 0.2) is 52.4 Å². The summed E-state index contributed by atoms with van der Waals surface area (Å²) in [5.74, 6) is 5.48. The zero-order chi connectivity index (χ0) is 95.5. The Bertz CT molecular complexity index is 10500. The van der Waals surface area contributed by atoms with Gasteiger partial charge in [-0.3, -0.25) is 0 Å². The van der Waals surface area contributed by atoms with Gasteiger partial charge in [0.25, 0.3) is 0 Å². The van der Waals surface area contributed by atoms with Gasteiger partial charge in [0.1, 0.15) is 44.7 Å². The lowest BCUT2D eigenvalue weighted by atomic mass is 9.95. The van der Waals surface area contributed by atoms with Crippen molar-refractivity contribution in [3.63, 3.8) is 0 Å². The van der Waals surface area contributed by atoms with Crippen LogP contribution in [0.5, 0.6) is 0 Å². The van der Waals surface area contributed by atoms with E-state index in [1.807, 2.05) is 133 Å². The molecule has 0 radical (unpaired) electrons. The third kappa shape index (κ3) is 15.1. The predicted molar refractivity (Wildman–Crippen MR) is 594 cm³/mol. The SMILES string of the molecule is c1ccc(-c2cc(-c3nc(-c4ccccc4)nc(-c4ccc5c(c4)oc4cc6ccccc6cc45)n3)cc(-c3cccc4c3sc3ccccc34)c2)cc1.c1ccc(-c2nc(-c3ccccc3-c3cccc4c3oc3ccccc34)nc(-c3cccc4oc5cc6ccccc6cc5c34)n2)cc1.c1ccc2cc(-c3nc(-c4ccc5oc6cc7ccccc7cc6c5c4)nc(-c4cccc5ccccc45)n3)ccc2c1. The van der Waals surface area contributed by atoms with Crippen LogP contribution in [0.25, 0.3) is 298 Å². The molecule has 0 spiro atoms. The molecule has 0 fully saturated rings. The fraction of sp³-hybridized carbons (Fsp3) is 0. The second-order valence-corrected chi connectivity index (χ2v) is 37.6. The Hall–Kier alpha value is -19.4. The van der Waals surface area contributed by atoms with Crippen LogP contribution in [0.3, 0.4) is 0 Å². The molecular weight excluding hydrogens is 1800 g/mol. The molecule has 0 amide bonds. The largest absolute Gasteiger partial charge is 0.456 e. The van der Waals surface area contributed by atoms with E-state index in [1.54, 1.807) is 0 Å². The van der Waals surface area contributed by atoms with E-state index in [-0.39, 0.29) is 0 Å². The number of nitrogens with zero attached hydrogens (tertiary/aromatic N) is 9. The number of hydrogen-bond acceptors (Lipinski definition) is 14. The van der Waals surface area contributed by atoms with Gasteiger partial charge in [-0.25, -0.2) is 44.9 Å². The highest BCUT2D eigenvalue weighted by Crippen LogP contribution is 2.48. The van der Waals surface area contributed by atoms with Crippen molar-refractivity contribution in [2.45, 2.75) is 0 Å². The molecule has 0 N–H and O–H groups in total. The smallest absolute Gasteiger partial charge is 0.164 e. The Balaban J connectivity index is 0.000000106. The molecule has 22 aromatic carbocycles. The number of furan rings is 4. The lowest BCUT2D eigenvalue weighted by Gasteiger charge is -2.13. The van der Waals surface area contributed by atoms with E-state index >= 15 is 0 Å². The van der Waals surface area contributed by atoms with Crippen LogP contribution in [0, 0.1) is 0 Å². The Morgan fingerprint density at radius 3 is 1.19 bits per heavy atom. The van der Waals surface area contributed by atoms with Crippen LogP contribution in [0.4, 0.5) is 0 Å². The van der Waals surface area contributed by atoms with Gasteiger partial charge in [0, 0.05) is 119 Å². The first-order valence-electron chi connectivity index (χ1n) is 48.3. The molecule has 0 atom stereocenters. The van der Waals surface area contributed by atoms with Gasteiger partial charge in [0.2, 0.25) is 0 Å². The molecule has 0 bridgehead atoms. The topological polar surface area (TPSA) is 169 Å². The summed E-state index contributed by atoms with van der Waals surface area (Å²) in [5, 5.41) is 22.5. The average Bonchev–Trinajstić information content (AvgIpc) is 1.68. The summed E-state index contributed by atoms with van der Waals surface area (Å²) in [4.78, 5) is 46.0. The van der Waals surface area contributed by atoms with Crippen molar-refractivity contribution in [3.8, 4) is 136 Å². The van der Waals surface area contributed by atoms with Gasteiger partial charge in [-0.2, -0.15) is 0 Å². The minimum atomic E-state index is 0.581. The second-order valence-electron chi connectivity index (χ2n) is 36.5. The molecule has 8 aromatic heterocycles. The number of benzene rings is 22. The lowest BCUT2D eigenvalue weighted by Crippen LogP contribution is -2.01. The highest BCUT2D eigenvalue weighted by molar-refractivity contribution is 7.26. The quantitative estimate of drug-likeness (QED) is 0.113. The first-order valence-corrected chi connectivity index (χ1v) is 49.1. The lowest BCUT2D eigenvalue weighted by molar-refractivity contribution is 0.669. The minimum Gasteiger partial charge on any atom is -0.456 e. The summed E-state index contributed by atoms with van der Waals surface area (Å²) < 4.78 is 28.2.